The van der Waals surface area contributed by atoms with Crippen LogP contribution in [0.5, 0.6) is 11.5 Å². The molecular weight excluding hydrogens is 496 g/mol. The second-order valence-electron chi connectivity index (χ2n) is 8.49. The molecule has 194 valence electrons. The molecular formula is C25H28N6O5S. The molecule has 12 heteroatoms. The lowest BCUT2D eigenvalue weighted by Gasteiger charge is -2.20. The molecule has 0 aliphatic carbocycles. The Bertz CT molecular complexity index is 1480. The van der Waals surface area contributed by atoms with E-state index in [1.54, 1.807) is 35.8 Å². The standard InChI is InChI=1S/C25H28N6O5S/c1-15-8-6-9-18(28-15)25-30-29-22(31(25)23-20(35-4)10-7-11-21(23)36-5)14-37(33,34)17(3)24(32)19-13-26-16(2)12-27-19/h6-13,17,24,32H,14H2,1-5H3/t17-,24-/m1/s1. The number of ether oxygens (including phenoxy) is 2. The summed E-state index contributed by atoms with van der Waals surface area (Å²) < 4.78 is 39.8. The fourth-order valence-corrected chi connectivity index (χ4v) is 5.18. The molecule has 0 radical (unpaired) electrons. The maximum absolute atomic E-state index is 13.5. The van der Waals surface area contributed by atoms with Crippen molar-refractivity contribution in [3.8, 4) is 28.7 Å². The lowest BCUT2D eigenvalue weighted by Crippen LogP contribution is -2.28. The van der Waals surface area contributed by atoms with Crippen molar-refractivity contribution in [3.63, 3.8) is 0 Å². The second-order valence-corrected chi connectivity index (χ2v) is 10.8. The summed E-state index contributed by atoms with van der Waals surface area (Å²) in [4.78, 5) is 12.8. The summed E-state index contributed by atoms with van der Waals surface area (Å²) in [6, 6.07) is 10.6. The number of aliphatic hydroxyl groups is 1. The smallest absolute Gasteiger partial charge is 0.187 e. The van der Waals surface area contributed by atoms with Gasteiger partial charge in [0.05, 0.1) is 37.1 Å². The van der Waals surface area contributed by atoms with E-state index in [0.717, 1.165) is 5.69 Å². The van der Waals surface area contributed by atoms with Crippen LogP contribution in [0.4, 0.5) is 0 Å². The minimum Gasteiger partial charge on any atom is -0.494 e. The van der Waals surface area contributed by atoms with Gasteiger partial charge in [-0.25, -0.2) is 13.4 Å². The molecule has 0 aliphatic rings. The Kier molecular flexibility index (Phi) is 7.50. The number of benzene rings is 1. The highest BCUT2D eigenvalue weighted by atomic mass is 32.2. The van der Waals surface area contributed by atoms with Gasteiger partial charge in [-0.05, 0) is 45.0 Å². The highest BCUT2D eigenvalue weighted by Gasteiger charge is 2.33. The fourth-order valence-electron chi connectivity index (χ4n) is 3.83. The average molecular weight is 525 g/mol. The van der Waals surface area contributed by atoms with Gasteiger partial charge in [-0.2, -0.15) is 0 Å². The van der Waals surface area contributed by atoms with Crippen molar-refractivity contribution in [2.45, 2.75) is 37.9 Å². The lowest BCUT2D eigenvalue weighted by atomic mass is 10.2. The van der Waals surface area contributed by atoms with E-state index in [9.17, 15) is 13.5 Å². The quantitative estimate of drug-likeness (QED) is 0.347. The molecule has 37 heavy (non-hydrogen) atoms. The number of methoxy groups -OCH3 is 2. The molecule has 0 saturated carbocycles. The maximum Gasteiger partial charge on any atom is 0.187 e. The van der Waals surface area contributed by atoms with Gasteiger partial charge in [0.2, 0.25) is 0 Å². The number of sulfone groups is 1. The van der Waals surface area contributed by atoms with Crippen molar-refractivity contribution in [1.29, 1.82) is 0 Å². The van der Waals surface area contributed by atoms with Gasteiger partial charge >= 0.3 is 0 Å². The molecule has 0 amide bonds. The van der Waals surface area contributed by atoms with Gasteiger partial charge in [0, 0.05) is 11.9 Å². The third-order valence-corrected chi connectivity index (χ3v) is 7.97. The number of rotatable bonds is 9. The molecule has 0 spiro atoms. The van der Waals surface area contributed by atoms with Crippen molar-refractivity contribution in [2.75, 3.05) is 14.2 Å². The first-order valence-electron chi connectivity index (χ1n) is 11.4. The van der Waals surface area contributed by atoms with Crippen LogP contribution in [0.15, 0.2) is 48.8 Å². The third-order valence-electron chi connectivity index (χ3n) is 5.92. The average Bonchev–Trinajstić information content (AvgIpc) is 3.29. The molecule has 0 aliphatic heterocycles. The lowest BCUT2D eigenvalue weighted by molar-refractivity contribution is 0.170. The summed E-state index contributed by atoms with van der Waals surface area (Å²) in [6.45, 7) is 5.02. The van der Waals surface area contributed by atoms with Gasteiger partial charge < -0.3 is 14.6 Å². The molecule has 1 aromatic carbocycles. The van der Waals surface area contributed by atoms with Crippen LogP contribution in [-0.2, 0) is 15.6 Å². The zero-order valence-electron chi connectivity index (χ0n) is 21.2. The van der Waals surface area contributed by atoms with E-state index >= 15 is 0 Å². The molecule has 11 nitrogen and oxygen atoms in total. The Labute approximate surface area is 215 Å². The Morgan fingerprint density at radius 1 is 0.946 bits per heavy atom. The molecule has 0 unspecified atom stereocenters. The molecule has 2 atom stereocenters. The molecule has 0 bridgehead atoms. The van der Waals surface area contributed by atoms with Gasteiger partial charge in [-0.15, -0.1) is 10.2 Å². The maximum atomic E-state index is 13.5. The minimum absolute atomic E-state index is 0.107. The molecule has 4 rings (SSSR count). The summed E-state index contributed by atoms with van der Waals surface area (Å²) >= 11 is 0. The summed E-state index contributed by atoms with van der Waals surface area (Å²) in [5.74, 6) is 0.749. The van der Waals surface area contributed by atoms with E-state index in [4.69, 9.17) is 9.47 Å². The van der Waals surface area contributed by atoms with E-state index in [1.165, 1.54) is 33.5 Å². The third kappa shape index (κ3) is 5.30. The number of pyridine rings is 1. The minimum atomic E-state index is -3.96. The van der Waals surface area contributed by atoms with Gasteiger partial charge in [-0.3, -0.25) is 14.5 Å². The van der Waals surface area contributed by atoms with Crippen LogP contribution in [-0.4, -0.2) is 62.7 Å². The van der Waals surface area contributed by atoms with Crippen molar-refractivity contribution >= 4 is 9.84 Å². The first kappa shape index (κ1) is 26.2. The summed E-state index contributed by atoms with van der Waals surface area (Å²) in [7, 11) is -0.951. The fraction of sp³-hybridized carbons (Fsp3) is 0.320. The highest BCUT2D eigenvalue weighted by Crippen LogP contribution is 2.36. The van der Waals surface area contributed by atoms with Crippen LogP contribution >= 0.6 is 0 Å². The van der Waals surface area contributed by atoms with Gasteiger partial charge in [0.1, 0.15) is 34.7 Å². The molecule has 4 aromatic rings. The van der Waals surface area contributed by atoms with Crippen LogP contribution in [0.25, 0.3) is 17.2 Å². The zero-order chi connectivity index (χ0) is 26.7. The molecule has 0 fully saturated rings. The Morgan fingerprint density at radius 3 is 2.22 bits per heavy atom. The molecule has 3 heterocycles. The molecule has 1 N–H and O–H groups in total. The van der Waals surface area contributed by atoms with E-state index in [-0.39, 0.29) is 11.5 Å². The number of aryl methyl sites for hydroxylation is 2. The molecule has 0 saturated heterocycles. The molecule has 3 aromatic heterocycles. The zero-order valence-corrected chi connectivity index (χ0v) is 22.0. The monoisotopic (exact) mass is 524 g/mol. The van der Waals surface area contributed by atoms with Crippen molar-refractivity contribution in [2.24, 2.45) is 0 Å². The van der Waals surface area contributed by atoms with E-state index in [0.29, 0.717) is 34.4 Å². The number of hydrogen-bond donors (Lipinski definition) is 1. The Hall–Kier alpha value is -3.90. The number of nitrogens with zero attached hydrogens (tertiary/aromatic N) is 6. The topological polar surface area (TPSA) is 142 Å². The summed E-state index contributed by atoms with van der Waals surface area (Å²) in [6.07, 6.45) is 1.47. The van der Waals surface area contributed by atoms with E-state index in [2.05, 4.69) is 25.1 Å². The summed E-state index contributed by atoms with van der Waals surface area (Å²) in [5, 5.41) is 18.1. The van der Waals surface area contributed by atoms with Crippen LogP contribution in [0, 0.1) is 13.8 Å². The summed E-state index contributed by atoms with van der Waals surface area (Å²) in [5.41, 5.74) is 2.50. The first-order chi connectivity index (χ1) is 17.7. The van der Waals surface area contributed by atoms with Crippen LogP contribution in [0.1, 0.15) is 35.9 Å². The van der Waals surface area contributed by atoms with Crippen molar-refractivity contribution in [1.82, 2.24) is 29.7 Å². The van der Waals surface area contributed by atoms with Crippen LogP contribution < -0.4 is 9.47 Å². The van der Waals surface area contributed by atoms with E-state index < -0.39 is 26.9 Å². The van der Waals surface area contributed by atoms with Crippen molar-refractivity contribution < 1.29 is 23.0 Å². The first-order valence-corrected chi connectivity index (χ1v) is 13.2. The largest absolute Gasteiger partial charge is 0.494 e. The van der Waals surface area contributed by atoms with Gasteiger partial charge in [0.15, 0.2) is 21.5 Å². The predicted molar refractivity (Wildman–Crippen MR) is 136 cm³/mol. The van der Waals surface area contributed by atoms with Crippen molar-refractivity contribution in [3.05, 3.63) is 71.7 Å². The number of para-hydroxylation sites is 1. The Balaban J connectivity index is 1.83. The normalized spacial score (nSPS) is 13.2. The van der Waals surface area contributed by atoms with Gasteiger partial charge in [0.25, 0.3) is 0 Å². The number of aliphatic hydroxyl groups excluding tert-OH is 1. The second kappa shape index (κ2) is 10.6. The predicted octanol–water partition coefficient (Wildman–Crippen LogP) is 2.79. The van der Waals surface area contributed by atoms with Crippen LogP contribution in [0.2, 0.25) is 0 Å². The van der Waals surface area contributed by atoms with Gasteiger partial charge in [-0.1, -0.05) is 12.1 Å². The SMILES string of the molecule is COc1cccc(OC)c1-n1c(CS(=O)(=O)[C@H](C)[C@@H](O)c2cnc(C)cn2)nnc1-c1cccc(C)n1. The van der Waals surface area contributed by atoms with Crippen LogP contribution in [0.3, 0.4) is 0 Å². The number of hydrogen-bond acceptors (Lipinski definition) is 10. The highest BCUT2D eigenvalue weighted by molar-refractivity contribution is 7.91. The number of aromatic nitrogens is 6. The Morgan fingerprint density at radius 2 is 1.62 bits per heavy atom. The van der Waals surface area contributed by atoms with E-state index in [1.807, 2.05) is 19.1 Å².